The minimum atomic E-state index is -0.912. The molecule has 0 saturated carbocycles. The van der Waals surface area contributed by atoms with Gasteiger partial charge in [-0.25, -0.2) is 4.79 Å². The molecule has 1 heterocycles. The van der Waals surface area contributed by atoms with E-state index in [-0.39, 0.29) is 25.9 Å². The fourth-order valence-electron chi connectivity index (χ4n) is 2.18. The number of imide groups is 1. The number of hydrogen-bond acceptors (Lipinski definition) is 7. The predicted octanol–water partition coefficient (Wildman–Crippen LogP) is 0.836. The zero-order valence-electron chi connectivity index (χ0n) is 13.9. The molecule has 0 N–H and O–H groups in total. The molecule has 1 unspecified atom stereocenters. The van der Waals surface area contributed by atoms with Crippen LogP contribution in [0.25, 0.3) is 0 Å². The molecule has 0 aromatic carbocycles. The van der Waals surface area contributed by atoms with Crippen LogP contribution in [-0.4, -0.2) is 49.1 Å². The van der Waals surface area contributed by atoms with Gasteiger partial charge in [0.15, 0.2) is 0 Å². The Bertz CT molecular complexity index is 470. The van der Waals surface area contributed by atoms with Crippen LogP contribution in [0.1, 0.15) is 40.0 Å². The summed E-state index contributed by atoms with van der Waals surface area (Å²) in [6.07, 6.45) is 0.240. The lowest BCUT2D eigenvalue weighted by molar-refractivity contribution is -0.201. The van der Waals surface area contributed by atoms with E-state index in [0.717, 1.165) is 0 Å². The summed E-state index contributed by atoms with van der Waals surface area (Å²) in [4.78, 5) is 51.7. The summed E-state index contributed by atoms with van der Waals surface area (Å²) in [6.45, 7) is 5.29. The van der Waals surface area contributed by atoms with Crippen LogP contribution in [0, 0.1) is 11.3 Å². The molecule has 0 spiro atoms. The van der Waals surface area contributed by atoms with E-state index >= 15 is 0 Å². The standard InChI is InChI=1S/C15H23NO7/c1-10(9-15(2,3)14(20)22-8-7-21-4)13(19)23-16-11(17)5-6-12(16)18/h10H,5-9H2,1-4H3. The van der Waals surface area contributed by atoms with Crippen molar-refractivity contribution in [2.45, 2.75) is 40.0 Å². The Kier molecular flexibility index (Phi) is 6.68. The smallest absolute Gasteiger partial charge is 0.336 e. The lowest BCUT2D eigenvalue weighted by atomic mass is 9.83. The molecule has 0 bridgehead atoms. The maximum absolute atomic E-state index is 12.0. The average Bonchev–Trinajstić information content (AvgIpc) is 2.78. The van der Waals surface area contributed by atoms with Crippen molar-refractivity contribution < 1.29 is 33.5 Å². The number of nitrogens with zero attached hydrogens (tertiary/aromatic N) is 1. The number of esters is 1. The van der Waals surface area contributed by atoms with E-state index in [0.29, 0.717) is 11.7 Å². The van der Waals surface area contributed by atoms with Crippen LogP contribution in [0.15, 0.2) is 0 Å². The molecule has 8 heteroatoms. The number of carbonyl (C=O) groups excluding carboxylic acids is 4. The summed E-state index contributed by atoms with van der Waals surface area (Å²) in [5, 5.41) is 0.503. The number of rotatable bonds is 8. The van der Waals surface area contributed by atoms with E-state index < -0.39 is 35.1 Å². The fraction of sp³-hybridized carbons (Fsp3) is 0.733. The van der Waals surface area contributed by atoms with Gasteiger partial charge in [0, 0.05) is 20.0 Å². The summed E-state index contributed by atoms with van der Waals surface area (Å²) in [5.74, 6) is -2.93. The molecule has 1 atom stereocenters. The van der Waals surface area contributed by atoms with E-state index in [1.165, 1.54) is 7.11 Å². The van der Waals surface area contributed by atoms with Gasteiger partial charge in [-0.3, -0.25) is 14.4 Å². The maximum Gasteiger partial charge on any atom is 0.336 e. The van der Waals surface area contributed by atoms with Crippen molar-refractivity contribution >= 4 is 23.8 Å². The Morgan fingerprint density at radius 2 is 1.74 bits per heavy atom. The molecule has 1 rings (SSSR count). The SMILES string of the molecule is COCCOC(=O)C(C)(C)CC(C)C(=O)ON1C(=O)CCC1=O. The predicted molar refractivity (Wildman–Crippen MR) is 77.6 cm³/mol. The molecule has 1 aliphatic heterocycles. The first kappa shape index (κ1) is 19.1. The highest BCUT2D eigenvalue weighted by molar-refractivity contribution is 6.01. The Morgan fingerprint density at radius 1 is 1.17 bits per heavy atom. The van der Waals surface area contributed by atoms with Crippen molar-refractivity contribution in [3.05, 3.63) is 0 Å². The summed E-state index contributed by atoms with van der Waals surface area (Å²) < 4.78 is 9.86. The number of hydroxylamine groups is 2. The minimum absolute atomic E-state index is 0.0395. The third kappa shape index (κ3) is 5.31. The van der Waals surface area contributed by atoms with Crippen molar-refractivity contribution in [1.82, 2.24) is 5.06 Å². The van der Waals surface area contributed by atoms with E-state index in [2.05, 4.69) is 0 Å². The third-order valence-electron chi connectivity index (χ3n) is 3.48. The van der Waals surface area contributed by atoms with Crippen molar-refractivity contribution in [1.29, 1.82) is 0 Å². The van der Waals surface area contributed by atoms with Crippen molar-refractivity contribution in [3.8, 4) is 0 Å². The molecule has 8 nitrogen and oxygen atoms in total. The van der Waals surface area contributed by atoms with Gasteiger partial charge in [-0.2, -0.15) is 0 Å². The van der Waals surface area contributed by atoms with Crippen molar-refractivity contribution in [3.63, 3.8) is 0 Å². The highest BCUT2D eigenvalue weighted by atomic mass is 16.7. The molecular weight excluding hydrogens is 306 g/mol. The van der Waals surface area contributed by atoms with Gasteiger partial charge in [0.1, 0.15) is 6.61 Å². The summed E-state index contributed by atoms with van der Waals surface area (Å²) in [7, 11) is 1.50. The molecule has 1 fully saturated rings. The van der Waals surface area contributed by atoms with Gasteiger partial charge in [0.25, 0.3) is 11.8 Å². The second kappa shape index (κ2) is 8.05. The lowest BCUT2D eigenvalue weighted by Gasteiger charge is -2.25. The normalized spacial score (nSPS) is 16.4. The second-order valence-electron chi connectivity index (χ2n) is 6.11. The van der Waals surface area contributed by atoms with Gasteiger partial charge >= 0.3 is 11.9 Å². The molecule has 0 aromatic heterocycles. The largest absolute Gasteiger partial charge is 0.463 e. The topological polar surface area (TPSA) is 99.2 Å². The maximum atomic E-state index is 12.0. The van der Waals surface area contributed by atoms with Crippen LogP contribution in [0.4, 0.5) is 0 Å². The first-order valence-corrected chi connectivity index (χ1v) is 7.43. The quantitative estimate of drug-likeness (QED) is 0.369. The van der Waals surface area contributed by atoms with Gasteiger partial charge in [-0.05, 0) is 20.3 Å². The van der Waals surface area contributed by atoms with E-state index in [9.17, 15) is 19.2 Å². The highest BCUT2D eigenvalue weighted by Crippen LogP contribution is 2.28. The third-order valence-corrected chi connectivity index (χ3v) is 3.48. The van der Waals surface area contributed by atoms with Crippen LogP contribution in [-0.2, 0) is 33.5 Å². The number of carbonyl (C=O) groups is 4. The summed E-state index contributed by atoms with van der Waals surface area (Å²) in [5.41, 5.74) is -0.912. The highest BCUT2D eigenvalue weighted by Gasteiger charge is 2.37. The zero-order valence-corrected chi connectivity index (χ0v) is 13.9. The fourth-order valence-corrected chi connectivity index (χ4v) is 2.18. The monoisotopic (exact) mass is 329 g/mol. The van der Waals surface area contributed by atoms with Crippen molar-refractivity contribution in [2.75, 3.05) is 20.3 Å². The van der Waals surface area contributed by atoms with Gasteiger partial charge in [0.05, 0.1) is 17.9 Å². The van der Waals surface area contributed by atoms with Gasteiger partial charge in [-0.15, -0.1) is 5.06 Å². The molecular formula is C15H23NO7. The Morgan fingerprint density at radius 3 is 2.26 bits per heavy atom. The molecule has 130 valence electrons. The lowest BCUT2D eigenvalue weighted by Crippen LogP contribution is -2.36. The van der Waals surface area contributed by atoms with Crippen LogP contribution < -0.4 is 0 Å². The Hall–Kier alpha value is -1.96. The first-order chi connectivity index (χ1) is 10.7. The van der Waals surface area contributed by atoms with Crippen LogP contribution >= 0.6 is 0 Å². The zero-order chi connectivity index (χ0) is 17.6. The molecule has 2 amide bonds. The number of amides is 2. The van der Waals surface area contributed by atoms with Gasteiger partial charge in [-0.1, -0.05) is 6.92 Å². The molecule has 1 aliphatic rings. The molecule has 23 heavy (non-hydrogen) atoms. The van der Waals surface area contributed by atoms with Crippen LogP contribution in [0.2, 0.25) is 0 Å². The van der Waals surface area contributed by atoms with Crippen LogP contribution in [0.5, 0.6) is 0 Å². The van der Waals surface area contributed by atoms with E-state index in [4.69, 9.17) is 14.3 Å². The Labute approximate surface area is 135 Å². The second-order valence-corrected chi connectivity index (χ2v) is 6.11. The van der Waals surface area contributed by atoms with Crippen LogP contribution in [0.3, 0.4) is 0 Å². The molecule has 0 aromatic rings. The molecule has 1 saturated heterocycles. The minimum Gasteiger partial charge on any atom is -0.463 e. The average molecular weight is 329 g/mol. The van der Waals surface area contributed by atoms with E-state index in [1.807, 2.05) is 0 Å². The summed E-state index contributed by atoms with van der Waals surface area (Å²) in [6, 6.07) is 0. The molecule has 0 aliphatic carbocycles. The number of methoxy groups -OCH3 is 1. The first-order valence-electron chi connectivity index (χ1n) is 7.43. The molecule has 0 radical (unpaired) electrons. The van der Waals surface area contributed by atoms with E-state index in [1.54, 1.807) is 20.8 Å². The number of ether oxygens (including phenoxy) is 2. The van der Waals surface area contributed by atoms with Crippen molar-refractivity contribution in [2.24, 2.45) is 11.3 Å². The van der Waals surface area contributed by atoms with Gasteiger partial charge < -0.3 is 14.3 Å². The summed E-state index contributed by atoms with van der Waals surface area (Å²) >= 11 is 0. The Balaban J connectivity index is 2.54. The number of hydrogen-bond donors (Lipinski definition) is 0. The van der Waals surface area contributed by atoms with Gasteiger partial charge in [0.2, 0.25) is 0 Å².